The summed E-state index contributed by atoms with van der Waals surface area (Å²) >= 11 is 0. The molecule has 0 aromatic heterocycles. The first-order valence-corrected chi connectivity index (χ1v) is 2.59. The van der Waals surface area contributed by atoms with Crippen molar-refractivity contribution >= 4 is 5.97 Å². The average molecular weight is 338 g/mol. The zero-order valence-corrected chi connectivity index (χ0v) is 8.31. The third kappa shape index (κ3) is 4.58. The van der Waals surface area contributed by atoms with Crippen LogP contribution in [-0.2, 0) is 44.8 Å². The van der Waals surface area contributed by atoms with Gasteiger partial charge in [0.2, 0.25) is 0 Å². The predicted octanol–water partition coefficient (Wildman–Crippen LogP) is 1.38. The Hall–Kier alpha value is 0.171. The molecule has 68 valence electrons. The number of aromatic carboxylic acids is 1. The second kappa shape index (κ2) is 6.85. The van der Waals surface area contributed by atoms with Crippen molar-refractivity contribution in [3.8, 4) is 0 Å². The first-order valence-electron chi connectivity index (χ1n) is 2.59. The number of rotatable bonds is 1. The standard InChI is InChI=1S/C7H6O2.2Ag/c8-7(9)6-4-2-1-3-5-6;;/h1-5H,(H,8,9);;. The topological polar surface area (TPSA) is 37.3 Å². The maximum absolute atomic E-state index is 10.2. The van der Waals surface area contributed by atoms with Crippen LogP contribution in [0.25, 0.3) is 0 Å². The van der Waals surface area contributed by atoms with Crippen LogP contribution < -0.4 is 0 Å². The molecule has 0 aliphatic heterocycles. The van der Waals surface area contributed by atoms with Crippen LogP contribution in [0.1, 0.15) is 10.4 Å². The molecule has 2 radical (unpaired) electrons. The quantitative estimate of drug-likeness (QED) is 0.786. The van der Waals surface area contributed by atoms with Gasteiger partial charge in [-0.1, -0.05) is 18.2 Å². The Kier molecular flexibility index (Phi) is 8.56. The number of hydrogen-bond donors (Lipinski definition) is 1. The van der Waals surface area contributed by atoms with Crippen molar-refractivity contribution in [2.24, 2.45) is 0 Å². The number of carbonyl (C=O) groups is 1. The van der Waals surface area contributed by atoms with Crippen LogP contribution in [-0.4, -0.2) is 11.1 Å². The first-order chi connectivity index (χ1) is 4.30. The fourth-order valence-electron chi connectivity index (χ4n) is 0.581. The van der Waals surface area contributed by atoms with Crippen LogP contribution in [0, 0.1) is 0 Å². The van der Waals surface area contributed by atoms with E-state index in [1.165, 1.54) is 0 Å². The molecule has 0 heterocycles. The van der Waals surface area contributed by atoms with E-state index >= 15 is 0 Å². The summed E-state index contributed by atoms with van der Waals surface area (Å²) in [6.45, 7) is 0. The summed E-state index contributed by atoms with van der Waals surface area (Å²) in [5.74, 6) is -0.879. The van der Waals surface area contributed by atoms with E-state index in [1.807, 2.05) is 0 Å². The van der Waals surface area contributed by atoms with Crippen molar-refractivity contribution < 1.29 is 54.7 Å². The number of benzene rings is 1. The Labute approximate surface area is 96.0 Å². The molecule has 0 saturated heterocycles. The molecule has 11 heavy (non-hydrogen) atoms. The predicted molar refractivity (Wildman–Crippen MR) is 33.4 cm³/mol. The van der Waals surface area contributed by atoms with Crippen molar-refractivity contribution in [1.29, 1.82) is 0 Å². The van der Waals surface area contributed by atoms with Gasteiger partial charge in [-0.3, -0.25) is 0 Å². The summed E-state index contributed by atoms with van der Waals surface area (Å²) < 4.78 is 0. The van der Waals surface area contributed by atoms with Crippen LogP contribution in [0.15, 0.2) is 30.3 Å². The molecule has 1 aromatic carbocycles. The van der Waals surface area contributed by atoms with Crippen LogP contribution >= 0.6 is 0 Å². The Morgan fingerprint density at radius 1 is 1.09 bits per heavy atom. The molecule has 0 aliphatic rings. The Bertz CT molecular complexity index is 211. The third-order valence-electron chi connectivity index (χ3n) is 1.02. The largest absolute Gasteiger partial charge is 0.478 e. The molecule has 0 aliphatic carbocycles. The van der Waals surface area contributed by atoms with Crippen LogP contribution in [0.2, 0.25) is 0 Å². The molecule has 0 amide bonds. The summed E-state index contributed by atoms with van der Waals surface area (Å²) in [6.07, 6.45) is 0. The second-order valence-electron chi connectivity index (χ2n) is 1.67. The minimum atomic E-state index is -0.879. The summed E-state index contributed by atoms with van der Waals surface area (Å²) in [4.78, 5) is 10.2. The molecular formula is C7H6Ag2O2. The van der Waals surface area contributed by atoms with Crippen LogP contribution in [0.4, 0.5) is 0 Å². The fourth-order valence-corrected chi connectivity index (χ4v) is 0.581. The van der Waals surface area contributed by atoms with Crippen LogP contribution in [0.5, 0.6) is 0 Å². The molecule has 0 spiro atoms. The van der Waals surface area contributed by atoms with Gasteiger partial charge in [0.05, 0.1) is 5.56 Å². The molecule has 1 aromatic rings. The van der Waals surface area contributed by atoms with Gasteiger partial charge in [0.1, 0.15) is 0 Å². The number of carboxylic acid groups (broad SMARTS) is 1. The SMILES string of the molecule is O=C(O)c1ccccc1.[Ag].[Ag]. The molecule has 0 saturated carbocycles. The van der Waals surface area contributed by atoms with Gasteiger partial charge >= 0.3 is 5.97 Å². The van der Waals surface area contributed by atoms with Crippen molar-refractivity contribution in [3.05, 3.63) is 35.9 Å². The first kappa shape index (κ1) is 13.7. The molecule has 1 N–H and O–H groups in total. The van der Waals surface area contributed by atoms with E-state index in [1.54, 1.807) is 30.3 Å². The van der Waals surface area contributed by atoms with Gasteiger partial charge in [0.25, 0.3) is 0 Å². The summed E-state index contributed by atoms with van der Waals surface area (Å²) in [5.41, 5.74) is 0.331. The normalized spacial score (nSPS) is 7.27. The Balaban J connectivity index is 0. The van der Waals surface area contributed by atoms with Crippen LogP contribution in [0.3, 0.4) is 0 Å². The summed E-state index contributed by atoms with van der Waals surface area (Å²) in [5, 5.41) is 8.38. The minimum Gasteiger partial charge on any atom is -0.478 e. The van der Waals surface area contributed by atoms with E-state index in [9.17, 15) is 4.79 Å². The number of carboxylic acids is 1. The maximum Gasteiger partial charge on any atom is 0.335 e. The third-order valence-corrected chi connectivity index (χ3v) is 1.02. The molecule has 0 bridgehead atoms. The van der Waals surface area contributed by atoms with Gasteiger partial charge in [-0.15, -0.1) is 0 Å². The van der Waals surface area contributed by atoms with Gasteiger partial charge in [-0.2, -0.15) is 0 Å². The van der Waals surface area contributed by atoms with Gasteiger partial charge in [-0.25, -0.2) is 4.79 Å². The van der Waals surface area contributed by atoms with Crippen molar-refractivity contribution in [1.82, 2.24) is 0 Å². The van der Waals surface area contributed by atoms with Crippen molar-refractivity contribution in [2.45, 2.75) is 0 Å². The molecule has 0 atom stereocenters. The van der Waals surface area contributed by atoms with Gasteiger partial charge < -0.3 is 5.11 Å². The fraction of sp³-hybridized carbons (Fsp3) is 0. The summed E-state index contributed by atoms with van der Waals surface area (Å²) in [7, 11) is 0. The number of hydrogen-bond acceptors (Lipinski definition) is 1. The molecule has 0 unspecified atom stereocenters. The zero-order chi connectivity index (χ0) is 6.69. The Morgan fingerprint density at radius 3 is 1.82 bits per heavy atom. The van der Waals surface area contributed by atoms with E-state index < -0.39 is 5.97 Å². The van der Waals surface area contributed by atoms with Crippen molar-refractivity contribution in [2.75, 3.05) is 0 Å². The molecule has 2 nitrogen and oxygen atoms in total. The molecule has 1 rings (SSSR count). The second-order valence-corrected chi connectivity index (χ2v) is 1.67. The van der Waals surface area contributed by atoms with E-state index in [0.717, 1.165) is 0 Å². The van der Waals surface area contributed by atoms with Gasteiger partial charge in [0.15, 0.2) is 0 Å². The monoisotopic (exact) mass is 336 g/mol. The van der Waals surface area contributed by atoms with E-state index in [-0.39, 0.29) is 44.8 Å². The minimum absolute atomic E-state index is 0. The smallest absolute Gasteiger partial charge is 0.335 e. The van der Waals surface area contributed by atoms with Gasteiger partial charge in [0, 0.05) is 44.8 Å². The summed E-state index contributed by atoms with van der Waals surface area (Å²) in [6, 6.07) is 8.30. The van der Waals surface area contributed by atoms with E-state index in [0.29, 0.717) is 5.56 Å². The van der Waals surface area contributed by atoms with Gasteiger partial charge in [-0.05, 0) is 12.1 Å². The molecule has 4 heteroatoms. The van der Waals surface area contributed by atoms with Crippen molar-refractivity contribution in [3.63, 3.8) is 0 Å². The molecule has 0 fully saturated rings. The van der Waals surface area contributed by atoms with E-state index in [2.05, 4.69) is 0 Å². The average Bonchev–Trinajstić information content (AvgIpc) is 1.90. The molecular weight excluding hydrogens is 332 g/mol. The Morgan fingerprint density at radius 2 is 1.55 bits per heavy atom. The maximum atomic E-state index is 10.2. The zero-order valence-electron chi connectivity index (χ0n) is 5.35. The van der Waals surface area contributed by atoms with E-state index in [4.69, 9.17) is 5.11 Å².